The van der Waals surface area contributed by atoms with Crippen molar-refractivity contribution in [1.29, 1.82) is 0 Å². The van der Waals surface area contributed by atoms with Crippen molar-refractivity contribution in [3.05, 3.63) is 112 Å². The van der Waals surface area contributed by atoms with Gasteiger partial charge in [-0.25, -0.2) is 0 Å². The summed E-state index contributed by atoms with van der Waals surface area (Å²) in [5.41, 5.74) is -0.843. The molecule has 114 valence electrons. The van der Waals surface area contributed by atoms with E-state index in [4.69, 9.17) is 4.74 Å². The van der Waals surface area contributed by atoms with Gasteiger partial charge in [-0.2, -0.15) is 0 Å². The van der Waals surface area contributed by atoms with Crippen molar-refractivity contribution >= 4 is 0 Å². The number of para-hydroxylation sites is 1. The average molecular weight is 305 g/mol. The average Bonchev–Trinajstić information content (AvgIpc) is 2.62. The minimum atomic E-state index is -1.79. The first-order valence-corrected chi connectivity index (χ1v) is 7.23. The number of hydrogen-bond acceptors (Lipinski definition) is 3. The summed E-state index contributed by atoms with van der Waals surface area (Å²) in [7, 11) is 0. The van der Waals surface area contributed by atoms with Crippen LogP contribution in [0, 0.1) is 10.1 Å². The molecular formula is C19H15NO3. The van der Waals surface area contributed by atoms with E-state index >= 15 is 0 Å². The highest BCUT2D eigenvalue weighted by Crippen LogP contribution is 2.35. The molecule has 0 spiro atoms. The lowest BCUT2D eigenvalue weighted by Gasteiger charge is -2.26. The molecule has 4 nitrogen and oxygen atoms in total. The van der Waals surface area contributed by atoms with Crippen LogP contribution in [-0.4, -0.2) is 4.92 Å². The van der Waals surface area contributed by atoms with Gasteiger partial charge < -0.3 is 4.74 Å². The van der Waals surface area contributed by atoms with E-state index in [1.54, 1.807) is 72.8 Å². The van der Waals surface area contributed by atoms with Gasteiger partial charge in [0.05, 0.1) is 16.1 Å². The highest BCUT2D eigenvalue weighted by Gasteiger charge is 2.50. The zero-order chi connectivity index (χ0) is 16.1. The van der Waals surface area contributed by atoms with Gasteiger partial charge in [0.15, 0.2) is 0 Å². The molecule has 3 aromatic carbocycles. The Morgan fingerprint density at radius 2 is 1.09 bits per heavy atom. The SMILES string of the molecule is O=[N+]([O-])C(Oc1ccccc1)(c1ccccc1)c1ccccc1. The largest absolute Gasteiger partial charge is 0.421 e. The molecule has 3 rings (SSSR count). The molecule has 3 aromatic rings. The van der Waals surface area contributed by atoms with E-state index < -0.39 is 5.72 Å². The van der Waals surface area contributed by atoms with Gasteiger partial charge >= 0.3 is 5.72 Å². The van der Waals surface area contributed by atoms with Crippen LogP contribution in [0.5, 0.6) is 5.75 Å². The Hall–Kier alpha value is -3.14. The van der Waals surface area contributed by atoms with Crippen LogP contribution in [0.1, 0.15) is 11.1 Å². The second-order valence-corrected chi connectivity index (χ2v) is 5.05. The number of benzene rings is 3. The van der Waals surface area contributed by atoms with Crippen LogP contribution in [0.4, 0.5) is 0 Å². The van der Waals surface area contributed by atoms with Crippen LogP contribution in [0.3, 0.4) is 0 Å². The zero-order valence-electron chi connectivity index (χ0n) is 12.3. The van der Waals surface area contributed by atoms with Crippen LogP contribution in [0.2, 0.25) is 0 Å². The zero-order valence-corrected chi connectivity index (χ0v) is 12.3. The Morgan fingerprint density at radius 3 is 1.48 bits per heavy atom. The van der Waals surface area contributed by atoms with E-state index in [2.05, 4.69) is 0 Å². The van der Waals surface area contributed by atoms with Gasteiger partial charge in [-0.3, -0.25) is 10.1 Å². The van der Waals surface area contributed by atoms with E-state index in [1.807, 2.05) is 18.2 Å². The molecule has 4 heteroatoms. The predicted molar refractivity (Wildman–Crippen MR) is 87.7 cm³/mol. The Kier molecular flexibility index (Phi) is 4.06. The summed E-state index contributed by atoms with van der Waals surface area (Å²) >= 11 is 0. The Labute approximate surface area is 134 Å². The fraction of sp³-hybridized carbons (Fsp3) is 0.0526. The molecule has 0 aliphatic heterocycles. The molecule has 0 amide bonds. The Balaban J connectivity index is 2.21. The number of nitro groups is 1. The van der Waals surface area contributed by atoms with Crippen molar-refractivity contribution < 1.29 is 9.66 Å². The first-order valence-electron chi connectivity index (χ1n) is 7.23. The molecule has 0 atom stereocenters. The molecule has 0 saturated heterocycles. The first kappa shape index (κ1) is 14.8. The smallest absolute Gasteiger partial charge is 0.417 e. The minimum absolute atomic E-state index is 0.384. The summed E-state index contributed by atoms with van der Waals surface area (Å²) in [6.45, 7) is 0. The summed E-state index contributed by atoms with van der Waals surface area (Å²) < 4.78 is 5.94. The summed E-state index contributed by atoms with van der Waals surface area (Å²) in [5, 5.41) is 12.1. The molecule has 0 N–H and O–H groups in total. The van der Waals surface area contributed by atoms with Crippen LogP contribution < -0.4 is 4.74 Å². The summed E-state index contributed by atoms with van der Waals surface area (Å²) in [6.07, 6.45) is 0. The molecule has 0 bridgehead atoms. The van der Waals surface area contributed by atoms with Gasteiger partial charge in [-0.15, -0.1) is 0 Å². The molecule has 0 unspecified atom stereocenters. The molecule has 0 aromatic heterocycles. The van der Waals surface area contributed by atoms with Crippen molar-refractivity contribution in [2.24, 2.45) is 0 Å². The summed E-state index contributed by atoms with van der Waals surface area (Å²) in [6, 6.07) is 26.4. The fourth-order valence-corrected chi connectivity index (χ4v) is 2.52. The quantitative estimate of drug-likeness (QED) is 0.402. The Morgan fingerprint density at radius 1 is 0.696 bits per heavy atom. The lowest BCUT2D eigenvalue weighted by Crippen LogP contribution is -2.42. The first-order chi connectivity index (χ1) is 11.2. The van der Waals surface area contributed by atoms with E-state index in [0.29, 0.717) is 16.9 Å². The molecule has 0 radical (unpaired) electrons. The second kappa shape index (κ2) is 6.32. The van der Waals surface area contributed by atoms with Crippen LogP contribution >= 0.6 is 0 Å². The van der Waals surface area contributed by atoms with Gasteiger partial charge in [-0.1, -0.05) is 54.6 Å². The third-order valence-corrected chi connectivity index (χ3v) is 3.60. The third kappa shape index (κ3) is 2.79. The van der Waals surface area contributed by atoms with Gasteiger partial charge in [-0.05, 0) is 36.4 Å². The predicted octanol–water partition coefficient (Wildman–Crippen LogP) is 4.24. The minimum Gasteiger partial charge on any atom is -0.421 e. The van der Waals surface area contributed by atoms with Crippen molar-refractivity contribution in [3.8, 4) is 5.75 Å². The van der Waals surface area contributed by atoms with Gasteiger partial charge in [0.2, 0.25) is 0 Å². The molecule has 0 heterocycles. The third-order valence-electron chi connectivity index (χ3n) is 3.60. The highest BCUT2D eigenvalue weighted by molar-refractivity contribution is 5.36. The van der Waals surface area contributed by atoms with Crippen molar-refractivity contribution in [2.75, 3.05) is 0 Å². The lowest BCUT2D eigenvalue weighted by molar-refractivity contribution is -0.612. The number of rotatable bonds is 5. The van der Waals surface area contributed by atoms with E-state index in [9.17, 15) is 10.1 Å². The molecule has 23 heavy (non-hydrogen) atoms. The van der Waals surface area contributed by atoms with Crippen LogP contribution in [0.15, 0.2) is 91.0 Å². The topological polar surface area (TPSA) is 52.4 Å². The van der Waals surface area contributed by atoms with Crippen LogP contribution in [0.25, 0.3) is 0 Å². The molecular weight excluding hydrogens is 290 g/mol. The fourth-order valence-electron chi connectivity index (χ4n) is 2.52. The van der Waals surface area contributed by atoms with Gasteiger partial charge in [0.1, 0.15) is 5.75 Å². The van der Waals surface area contributed by atoms with Crippen molar-refractivity contribution in [1.82, 2.24) is 0 Å². The maximum atomic E-state index is 12.1. The van der Waals surface area contributed by atoms with E-state index in [0.717, 1.165) is 0 Å². The van der Waals surface area contributed by atoms with Crippen molar-refractivity contribution in [3.63, 3.8) is 0 Å². The highest BCUT2D eigenvalue weighted by atomic mass is 16.7. The number of nitrogens with zero attached hydrogens (tertiary/aromatic N) is 1. The monoisotopic (exact) mass is 305 g/mol. The molecule has 0 fully saturated rings. The van der Waals surface area contributed by atoms with Crippen molar-refractivity contribution in [2.45, 2.75) is 5.72 Å². The van der Waals surface area contributed by atoms with E-state index in [1.165, 1.54) is 0 Å². The van der Waals surface area contributed by atoms with Gasteiger partial charge in [0.25, 0.3) is 0 Å². The number of ether oxygens (including phenoxy) is 1. The van der Waals surface area contributed by atoms with Crippen LogP contribution in [-0.2, 0) is 5.72 Å². The summed E-state index contributed by atoms with van der Waals surface area (Å²) in [4.78, 5) is 11.7. The second-order valence-electron chi connectivity index (χ2n) is 5.05. The van der Waals surface area contributed by atoms with Gasteiger partial charge in [0, 0.05) is 0 Å². The molecule has 0 aliphatic rings. The maximum absolute atomic E-state index is 12.1. The standard InChI is InChI=1S/C19H15NO3/c21-20(22)19(16-10-4-1-5-11-16,17-12-6-2-7-13-17)23-18-14-8-3-9-15-18/h1-15H. The normalized spacial score (nSPS) is 11.0. The molecule has 0 aliphatic carbocycles. The number of hydrogen-bond donors (Lipinski definition) is 0. The maximum Gasteiger partial charge on any atom is 0.417 e. The Bertz CT molecular complexity index is 734. The molecule has 0 saturated carbocycles. The summed E-state index contributed by atoms with van der Waals surface area (Å²) in [5.74, 6) is 0.442. The van der Waals surface area contributed by atoms with E-state index in [-0.39, 0.29) is 4.92 Å². The lowest BCUT2D eigenvalue weighted by atomic mass is 9.94.